The lowest BCUT2D eigenvalue weighted by molar-refractivity contribution is 0.528. The van der Waals surface area contributed by atoms with E-state index in [0.717, 1.165) is 25.3 Å². The maximum atomic E-state index is 5.74. The fourth-order valence-corrected chi connectivity index (χ4v) is 4.23. The van der Waals surface area contributed by atoms with E-state index >= 15 is 0 Å². The molecule has 0 aliphatic carbocycles. The number of benzene rings is 1. The molecule has 3 aromatic heterocycles. The average Bonchev–Trinajstić information content (AvgIpc) is 3.22. The van der Waals surface area contributed by atoms with E-state index in [4.69, 9.17) is 4.42 Å². The van der Waals surface area contributed by atoms with Crippen LogP contribution in [0.5, 0.6) is 0 Å². The van der Waals surface area contributed by atoms with Gasteiger partial charge in [-0.25, -0.2) is 9.97 Å². The van der Waals surface area contributed by atoms with Crippen molar-refractivity contribution in [3.8, 4) is 11.5 Å². The standard InChI is InChI=1S/C15H9BrN4OS2/c16-10-3-1-2-9(6-10)14-20-19-12(21-14)7-23-15-13-11(4-5-22-13)17-8-18-15/h1-6,8H,7H2. The zero-order chi connectivity index (χ0) is 15.6. The van der Waals surface area contributed by atoms with Gasteiger partial charge in [0.25, 0.3) is 0 Å². The van der Waals surface area contributed by atoms with Gasteiger partial charge in [0.1, 0.15) is 11.4 Å². The maximum Gasteiger partial charge on any atom is 0.247 e. The van der Waals surface area contributed by atoms with Gasteiger partial charge in [0, 0.05) is 10.0 Å². The molecule has 0 saturated heterocycles. The van der Waals surface area contributed by atoms with E-state index in [1.807, 2.05) is 35.7 Å². The molecule has 0 atom stereocenters. The third-order valence-corrected chi connectivity index (χ3v) is 5.59. The normalized spacial score (nSPS) is 11.2. The smallest absolute Gasteiger partial charge is 0.247 e. The Morgan fingerprint density at radius 2 is 2.13 bits per heavy atom. The Balaban J connectivity index is 1.53. The second kappa shape index (κ2) is 6.38. The fraction of sp³-hybridized carbons (Fsp3) is 0.0667. The number of fused-ring (bicyclic) bond motifs is 1. The Hall–Kier alpha value is -1.77. The van der Waals surface area contributed by atoms with Gasteiger partial charge in [-0.3, -0.25) is 0 Å². The monoisotopic (exact) mass is 404 g/mol. The lowest BCUT2D eigenvalue weighted by Crippen LogP contribution is -1.85. The van der Waals surface area contributed by atoms with Crippen LogP contribution in [-0.4, -0.2) is 20.2 Å². The topological polar surface area (TPSA) is 64.7 Å². The van der Waals surface area contributed by atoms with Crippen molar-refractivity contribution in [1.82, 2.24) is 20.2 Å². The minimum atomic E-state index is 0.519. The highest BCUT2D eigenvalue weighted by molar-refractivity contribution is 9.10. The summed E-state index contributed by atoms with van der Waals surface area (Å²) in [6.07, 6.45) is 1.58. The fourth-order valence-electron chi connectivity index (χ4n) is 2.05. The Morgan fingerprint density at radius 1 is 1.17 bits per heavy atom. The van der Waals surface area contributed by atoms with E-state index in [-0.39, 0.29) is 0 Å². The molecule has 1 aromatic carbocycles. The summed E-state index contributed by atoms with van der Waals surface area (Å²) in [7, 11) is 0. The van der Waals surface area contributed by atoms with Crippen LogP contribution in [0.2, 0.25) is 0 Å². The van der Waals surface area contributed by atoms with Gasteiger partial charge in [-0.1, -0.05) is 33.8 Å². The molecule has 4 aromatic rings. The van der Waals surface area contributed by atoms with Crippen LogP contribution in [-0.2, 0) is 5.75 Å². The summed E-state index contributed by atoms with van der Waals surface area (Å²) in [6, 6.07) is 9.77. The number of aromatic nitrogens is 4. The van der Waals surface area contributed by atoms with Crippen LogP contribution in [0.15, 0.2) is 56.0 Å². The molecule has 0 aliphatic heterocycles. The van der Waals surface area contributed by atoms with E-state index in [1.54, 1.807) is 29.4 Å². The Labute approximate surface area is 148 Å². The Morgan fingerprint density at radius 3 is 3.04 bits per heavy atom. The molecular weight excluding hydrogens is 396 g/mol. The van der Waals surface area contributed by atoms with Gasteiger partial charge in [0.15, 0.2) is 0 Å². The first kappa shape index (κ1) is 14.8. The number of hydrogen-bond acceptors (Lipinski definition) is 7. The lowest BCUT2D eigenvalue weighted by Gasteiger charge is -1.98. The second-order valence-electron chi connectivity index (χ2n) is 4.61. The van der Waals surface area contributed by atoms with Gasteiger partial charge < -0.3 is 4.42 Å². The average molecular weight is 405 g/mol. The number of thiophene rings is 1. The quantitative estimate of drug-likeness (QED) is 0.359. The molecule has 0 spiro atoms. The minimum Gasteiger partial charge on any atom is -0.420 e. The summed E-state index contributed by atoms with van der Waals surface area (Å²) < 4.78 is 7.80. The number of hydrogen-bond donors (Lipinski definition) is 0. The molecule has 0 radical (unpaired) electrons. The molecule has 3 heterocycles. The zero-order valence-corrected chi connectivity index (χ0v) is 14.9. The molecule has 23 heavy (non-hydrogen) atoms. The molecule has 8 heteroatoms. The van der Waals surface area contributed by atoms with E-state index in [0.29, 0.717) is 17.5 Å². The summed E-state index contributed by atoms with van der Waals surface area (Å²) in [5.74, 6) is 1.67. The molecule has 0 fully saturated rings. The molecule has 0 N–H and O–H groups in total. The van der Waals surface area contributed by atoms with Crippen LogP contribution in [0.3, 0.4) is 0 Å². The number of rotatable bonds is 4. The SMILES string of the molecule is Brc1cccc(-c2nnc(CSc3ncnc4ccsc34)o2)c1. The van der Waals surface area contributed by atoms with Gasteiger partial charge >= 0.3 is 0 Å². The van der Waals surface area contributed by atoms with Crippen molar-refractivity contribution < 1.29 is 4.42 Å². The van der Waals surface area contributed by atoms with E-state index in [9.17, 15) is 0 Å². The first-order valence-electron chi connectivity index (χ1n) is 6.69. The predicted molar refractivity (Wildman–Crippen MR) is 94.4 cm³/mol. The first-order chi connectivity index (χ1) is 11.3. The summed E-state index contributed by atoms with van der Waals surface area (Å²) in [4.78, 5) is 8.58. The Kier molecular flexibility index (Phi) is 4.11. The van der Waals surface area contributed by atoms with Crippen molar-refractivity contribution in [3.63, 3.8) is 0 Å². The highest BCUT2D eigenvalue weighted by atomic mass is 79.9. The number of nitrogens with zero attached hydrogens (tertiary/aromatic N) is 4. The highest BCUT2D eigenvalue weighted by Crippen LogP contribution is 2.31. The summed E-state index contributed by atoms with van der Waals surface area (Å²) in [5.41, 5.74) is 1.86. The van der Waals surface area contributed by atoms with E-state index < -0.39 is 0 Å². The molecule has 0 unspecified atom stereocenters. The second-order valence-corrected chi connectivity index (χ2v) is 7.41. The van der Waals surface area contributed by atoms with E-state index in [2.05, 4.69) is 36.1 Å². The summed E-state index contributed by atoms with van der Waals surface area (Å²) >= 11 is 6.65. The van der Waals surface area contributed by atoms with Gasteiger partial charge in [-0.05, 0) is 29.6 Å². The van der Waals surface area contributed by atoms with Crippen molar-refractivity contribution in [3.05, 3.63) is 52.4 Å². The first-order valence-corrected chi connectivity index (χ1v) is 9.35. The van der Waals surface area contributed by atoms with Crippen LogP contribution in [0.4, 0.5) is 0 Å². The summed E-state index contributed by atoms with van der Waals surface area (Å²) in [6.45, 7) is 0. The summed E-state index contributed by atoms with van der Waals surface area (Å²) in [5, 5.41) is 11.2. The van der Waals surface area contributed by atoms with Crippen LogP contribution < -0.4 is 0 Å². The predicted octanol–water partition coefficient (Wildman–Crippen LogP) is 4.80. The van der Waals surface area contributed by atoms with Crippen LogP contribution >= 0.6 is 39.0 Å². The van der Waals surface area contributed by atoms with Crippen molar-refractivity contribution >= 4 is 49.2 Å². The molecule has 0 saturated carbocycles. The lowest BCUT2D eigenvalue weighted by atomic mass is 10.2. The number of halogens is 1. The largest absolute Gasteiger partial charge is 0.420 e. The Bertz CT molecular complexity index is 969. The van der Waals surface area contributed by atoms with Crippen molar-refractivity contribution in [2.75, 3.05) is 0 Å². The molecule has 0 bridgehead atoms. The van der Waals surface area contributed by atoms with Gasteiger partial charge in [0.05, 0.1) is 16.0 Å². The third kappa shape index (κ3) is 3.15. The molecule has 4 rings (SSSR count). The molecule has 5 nitrogen and oxygen atoms in total. The van der Waals surface area contributed by atoms with Crippen LogP contribution in [0.25, 0.3) is 21.7 Å². The molecular formula is C15H9BrN4OS2. The molecule has 0 amide bonds. The molecule has 114 valence electrons. The highest BCUT2D eigenvalue weighted by Gasteiger charge is 2.11. The van der Waals surface area contributed by atoms with Crippen molar-refractivity contribution in [2.24, 2.45) is 0 Å². The minimum absolute atomic E-state index is 0.519. The van der Waals surface area contributed by atoms with Crippen LogP contribution in [0.1, 0.15) is 5.89 Å². The van der Waals surface area contributed by atoms with Crippen molar-refractivity contribution in [2.45, 2.75) is 10.8 Å². The van der Waals surface area contributed by atoms with Crippen LogP contribution in [0, 0.1) is 0 Å². The van der Waals surface area contributed by atoms with E-state index in [1.165, 1.54) is 0 Å². The maximum absolute atomic E-state index is 5.74. The third-order valence-electron chi connectivity index (χ3n) is 3.08. The van der Waals surface area contributed by atoms with Gasteiger partial charge in [0.2, 0.25) is 11.8 Å². The molecule has 0 aliphatic rings. The van der Waals surface area contributed by atoms with Gasteiger partial charge in [-0.2, -0.15) is 0 Å². The number of thioether (sulfide) groups is 1. The van der Waals surface area contributed by atoms with Gasteiger partial charge in [-0.15, -0.1) is 21.5 Å². The zero-order valence-electron chi connectivity index (χ0n) is 11.6. The van der Waals surface area contributed by atoms with Crippen molar-refractivity contribution in [1.29, 1.82) is 0 Å².